The Kier molecular flexibility index (Phi) is 5.62. The molecule has 0 unspecified atom stereocenters. The van der Waals surface area contributed by atoms with Crippen LogP contribution in [0, 0.1) is 0 Å². The molecule has 164 valence electrons. The fraction of sp³-hybridized carbons (Fsp3) is 0.125. The van der Waals surface area contributed by atoms with Gasteiger partial charge >= 0.3 is 0 Å². The molecule has 0 aliphatic heterocycles. The highest BCUT2D eigenvalue weighted by molar-refractivity contribution is 7.98. The first kappa shape index (κ1) is 20.9. The van der Waals surface area contributed by atoms with Gasteiger partial charge in [-0.3, -0.25) is 18.6 Å². The van der Waals surface area contributed by atoms with Crippen molar-refractivity contribution in [2.75, 3.05) is 7.11 Å². The minimum atomic E-state index is -0.169. The summed E-state index contributed by atoms with van der Waals surface area (Å²) in [7, 11) is 1.61. The van der Waals surface area contributed by atoms with Crippen molar-refractivity contribution in [3.8, 4) is 5.75 Å². The summed E-state index contributed by atoms with van der Waals surface area (Å²) in [6, 6.07) is 17.9. The molecule has 0 atom stereocenters. The third-order valence-electron chi connectivity index (χ3n) is 5.17. The van der Waals surface area contributed by atoms with Gasteiger partial charge in [-0.25, -0.2) is 15.0 Å². The zero-order valence-electron chi connectivity index (χ0n) is 17.7. The zero-order chi connectivity index (χ0) is 22.8. The first-order chi connectivity index (χ1) is 16.1. The first-order valence-electron chi connectivity index (χ1n) is 10.2. The summed E-state index contributed by atoms with van der Waals surface area (Å²) >= 11 is 1.35. The lowest BCUT2D eigenvalue weighted by atomic mass is 10.2. The molecule has 0 amide bonds. The van der Waals surface area contributed by atoms with Crippen LogP contribution in [-0.4, -0.2) is 31.0 Å². The number of rotatable bonds is 6. The van der Waals surface area contributed by atoms with Gasteiger partial charge in [0.05, 0.1) is 24.7 Å². The third-order valence-corrected chi connectivity index (χ3v) is 6.18. The molecule has 5 rings (SSSR count). The Morgan fingerprint density at radius 1 is 1.00 bits per heavy atom. The highest BCUT2D eigenvalue weighted by Crippen LogP contribution is 2.22. The van der Waals surface area contributed by atoms with Crippen molar-refractivity contribution in [1.82, 2.24) is 23.9 Å². The molecule has 1 aromatic carbocycles. The van der Waals surface area contributed by atoms with E-state index in [2.05, 4.69) is 15.0 Å². The molecule has 0 aliphatic rings. The van der Waals surface area contributed by atoms with Crippen LogP contribution >= 0.6 is 11.8 Å². The molecule has 4 heterocycles. The van der Waals surface area contributed by atoms with Gasteiger partial charge in [0.1, 0.15) is 11.4 Å². The molecule has 0 saturated heterocycles. The number of hydrogen-bond acceptors (Lipinski definition) is 7. The maximum absolute atomic E-state index is 13.3. The summed E-state index contributed by atoms with van der Waals surface area (Å²) in [5, 5.41) is 0.967. The van der Waals surface area contributed by atoms with Crippen LogP contribution in [0.1, 0.15) is 11.3 Å². The predicted octanol–water partition coefficient (Wildman–Crippen LogP) is 3.15. The molecular weight excluding hydrogens is 438 g/mol. The highest BCUT2D eigenvalue weighted by Gasteiger charge is 2.14. The summed E-state index contributed by atoms with van der Waals surface area (Å²) in [6.07, 6.45) is 3.30. The van der Waals surface area contributed by atoms with Crippen molar-refractivity contribution in [1.29, 1.82) is 0 Å². The Balaban J connectivity index is 1.53. The van der Waals surface area contributed by atoms with Gasteiger partial charge in [-0.1, -0.05) is 30.0 Å². The molecule has 0 bridgehead atoms. The van der Waals surface area contributed by atoms with Gasteiger partial charge in [0.15, 0.2) is 10.8 Å². The lowest BCUT2D eigenvalue weighted by molar-refractivity contribution is 0.414. The second kappa shape index (κ2) is 8.87. The van der Waals surface area contributed by atoms with Crippen molar-refractivity contribution < 1.29 is 4.74 Å². The maximum atomic E-state index is 13.3. The van der Waals surface area contributed by atoms with Crippen molar-refractivity contribution in [3.63, 3.8) is 0 Å². The minimum Gasteiger partial charge on any atom is -0.497 e. The van der Waals surface area contributed by atoms with E-state index in [1.54, 1.807) is 48.3 Å². The summed E-state index contributed by atoms with van der Waals surface area (Å²) in [4.78, 5) is 39.2. The van der Waals surface area contributed by atoms with Gasteiger partial charge < -0.3 is 4.74 Å². The largest absolute Gasteiger partial charge is 0.497 e. The molecule has 33 heavy (non-hydrogen) atoms. The van der Waals surface area contributed by atoms with Gasteiger partial charge in [0, 0.05) is 24.2 Å². The molecule has 0 saturated carbocycles. The minimum absolute atomic E-state index is 0.153. The quantitative estimate of drug-likeness (QED) is 0.286. The van der Waals surface area contributed by atoms with Crippen LogP contribution in [0.2, 0.25) is 0 Å². The van der Waals surface area contributed by atoms with Crippen molar-refractivity contribution in [3.05, 3.63) is 105 Å². The van der Waals surface area contributed by atoms with Crippen LogP contribution in [0.15, 0.2) is 87.8 Å². The molecule has 8 nitrogen and oxygen atoms in total. The van der Waals surface area contributed by atoms with Crippen LogP contribution in [0.5, 0.6) is 5.75 Å². The number of benzene rings is 1. The average molecular weight is 458 g/mol. The monoisotopic (exact) mass is 457 g/mol. The normalized spacial score (nSPS) is 11.2. The van der Waals surface area contributed by atoms with Gasteiger partial charge in [-0.05, 0) is 42.0 Å². The standard InChI is InChI=1S/C24H19N5O3S/c1-32-18-9-7-16(8-10-18)14-29-23(31)19-5-4-11-25-22(19)27-24(29)33-15-17-13-21(30)28-12-3-2-6-20(28)26-17/h2-13H,14-15H2,1H3. The fourth-order valence-corrected chi connectivity index (χ4v) is 4.39. The Hall–Kier alpha value is -3.98. The van der Waals surface area contributed by atoms with E-state index in [9.17, 15) is 9.59 Å². The topological polar surface area (TPSA) is 91.4 Å². The maximum Gasteiger partial charge on any atom is 0.263 e. The third kappa shape index (κ3) is 4.22. The van der Waals surface area contributed by atoms with Crippen molar-refractivity contribution >= 4 is 28.4 Å². The summed E-state index contributed by atoms with van der Waals surface area (Å²) in [5.41, 5.74) is 2.19. The molecule has 0 aliphatic carbocycles. The highest BCUT2D eigenvalue weighted by atomic mass is 32.2. The summed E-state index contributed by atoms with van der Waals surface area (Å²) in [6.45, 7) is 0.344. The van der Waals surface area contributed by atoms with Crippen LogP contribution in [0.3, 0.4) is 0 Å². The molecule has 0 N–H and O–H groups in total. The van der Waals surface area contributed by atoms with E-state index < -0.39 is 0 Å². The van der Waals surface area contributed by atoms with Crippen molar-refractivity contribution in [2.45, 2.75) is 17.5 Å². The average Bonchev–Trinajstić information content (AvgIpc) is 2.85. The predicted molar refractivity (Wildman–Crippen MR) is 127 cm³/mol. The Morgan fingerprint density at radius 3 is 2.67 bits per heavy atom. The Labute approximate surface area is 192 Å². The van der Waals surface area contributed by atoms with Crippen LogP contribution in [-0.2, 0) is 12.3 Å². The molecule has 0 radical (unpaired) electrons. The number of pyridine rings is 2. The number of aromatic nitrogens is 5. The molecule has 5 aromatic rings. The van der Waals surface area contributed by atoms with Crippen LogP contribution < -0.4 is 15.9 Å². The van der Waals surface area contributed by atoms with Crippen LogP contribution in [0.25, 0.3) is 16.7 Å². The number of nitrogens with zero attached hydrogens (tertiary/aromatic N) is 5. The number of hydrogen-bond donors (Lipinski definition) is 0. The van der Waals surface area contributed by atoms with E-state index in [0.29, 0.717) is 39.8 Å². The first-order valence-corrected chi connectivity index (χ1v) is 11.2. The second-order valence-corrected chi connectivity index (χ2v) is 8.25. The van der Waals surface area contributed by atoms with Gasteiger partial charge in [-0.15, -0.1) is 0 Å². The molecular formula is C24H19N5O3S. The van der Waals surface area contributed by atoms with Gasteiger partial charge in [0.25, 0.3) is 11.1 Å². The van der Waals surface area contributed by atoms with Crippen molar-refractivity contribution in [2.24, 2.45) is 0 Å². The van der Waals surface area contributed by atoms with Gasteiger partial charge in [0.2, 0.25) is 0 Å². The van der Waals surface area contributed by atoms with E-state index in [1.807, 2.05) is 30.3 Å². The zero-order valence-corrected chi connectivity index (χ0v) is 18.5. The Morgan fingerprint density at radius 2 is 1.85 bits per heavy atom. The van der Waals surface area contributed by atoms with E-state index in [0.717, 1.165) is 11.3 Å². The second-order valence-electron chi connectivity index (χ2n) is 7.31. The number of thioether (sulfide) groups is 1. The summed E-state index contributed by atoms with van der Waals surface area (Å²) < 4.78 is 8.35. The van der Waals surface area contributed by atoms with E-state index in [4.69, 9.17) is 4.74 Å². The smallest absolute Gasteiger partial charge is 0.263 e. The van der Waals surface area contributed by atoms with Gasteiger partial charge in [-0.2, -0.15) is 0 Å². The lowest BCUT2D eigenvalue weighted by Gasteiger charge is -2.13. The fourth-order valence-electron chi connectivity index (χ4n) is 3.51. The molecule has 4 aromatic heterocycles. The van der Waals surface area contributed by atoms with E-state index >= 15 is 0 Å². The van der Waals surface area contributed by atoms with Crippen LogP contribution in [0.4, 0.5) is 0 Å². The SMILES string of the molecule is COc1ccc(Cn2c(SCc3cc(=O)n4ccccc4n3)nc3ncccc3c2=O)cc1. The van der Waals surface area contributed by atoms with E-state index in [1.165, 1.54) is 22.2 Å². The van der Waals surface area contributed by atoms with E-state index in [-0.39, 0.29) is 11.1 Å². The number of fused-ring (bicyclic) bond motifs is 2. The molecule has 0 spiro atoms. The molecule has 0 fully saturated rings. The summed E-state index contributed by atoms with van der Waals surface area (Å²) in [5.74, 6) is 1.13. The number of methoxy groups -OCH3 is 1. The molecule has 9 heteroatoms. The Bertz CT molecular complexity index is 1580. The number of ether oxygens (including phenoxy) is 1. The lowest BCUT2D eigenvalue weighted by Crippen LogP contribution is -2.24.